The number of rotatable bonds is 13. The van der Waals surface area contributed by atoms with E-state index in [0.717, 1.165) is 40.7 Å². The van der Waals surface area contributed by atoms with E-state index in [0.29, 0.717) is 43.1 Å². The van der Waals surface area contributed by atoms with Gasteiger partial charge < -0.3 is 51.3 Å². The normalized spacial score (nSPS) is 17.2. The molecule has 2 aromatic carbocycles. The van der Waals surface area contributed by atoms with Crippen molar-refractivity contribution >= 4 is 46.8 Å². The predicted octanol–water partition coefficient (Wildman–Crippen LogP) is 2.66. The average Bonchev–Trinajstić information content (AvgIpc) is 4.05. The maximum Gasteiger partial charge on any atom is 0.407 e. The predicted molar refractivity (Wildman–Crippen MR) is 209 cm³/mol. The molecule has 6 rings (SSSR count). The third kappa shape index (κ3) is 9.72. The maximum absolute atomic E-state index is 13.6. The van der Waals surface area contributed by atoms with Crippen molar-refractivity contribution in [3.63, 3.8) is 0 Å². The number of ether oxygens (including phenoxy) is 2. The number of nitrogens with zero attached hydrogens (tertiary/aromatic N) is 4. The molecule has 4 heterocycles. The lowest BCUT2D eigenvalue weighted by atomic mass is 10.1. The second-order valence-electron chi connectivity index (χ2n) is 14.1. The number of hydrogen-bond acceptors (Lipinski definition) is 10. The lowest BCUT2D eigenvalue weighted by molar-refractivity contribution is -0.135. The lowest BCUT2D eigenvalue weighted by Gasteiger charge is -2.28. The molecule has 2 aliphatic rings. The summed E-state index contributed by atoms with van der Waals surface area (Å²) in [5, 5.41) is 5.05. The largest absolute Gasteiger partial charge is 0.453 e. The quantitative estimate of drug-likeness (QED) is 0.108. The van der Waals surface area contributed by atoms with Gasteiger partial charge >= 0.3 is 12.2 Å². The van der Waals surface area contributed by atoms with E-state index in [4.69, 9.17) is 16.5 Å². The van der Waals surface area contributed by atoms with Crippen molar-refractivity contribution in [1.82, 2.24) is 40.4 Å². The molecule has 2 aliphatic heterocycles. The van der Waals surface area contributed by atoms with Crippen molar-refractivity contribution in [2.45, 2.75) is 75.5 Å². The van der Waals surface area contributed by atoms with Crippen molar-refractivity contribution in [2.75, 3.05) is 27.3 Å². The Balaban J connectivity index is 1.11. The van der Waals surface area contributed by atoms with Crippen LogP contribution in [0, 0.1) is 11.8 Å². The molecule has 4 aromatic rings. The van der Waals surface area contributed by atoms with Crippen LogP contribution in [0.15, 0.2) is 48.7 Å². The summed E-state index contributed by atoms with van der Waals surface area (Å²) in [5.41, 5.74) is 15.3. The molecular formula is C40H46N10O8. The average molecular weight is 795 g/mol. The van der Waals surface area contributed by atoms with E-state index in [-0.39, 0.29) is 49.6 Å². The van der Waals surface area contributed by atoms with Crippen LogP contribution < -0.4 is 22.1 Å². The number of hydrogen-bond donors (Lipinski definition) is 6. The van der Waals surface area contributed by atoms with Crippen molar-refractivity contribution in [2.24, 2.45) is 11.5 Å². The van der Waals surface area contributed by atoms with Gasteiger partial charge in [0.2, 0.25) is 23.6 Å². The van der Waals surface area contributed by atoms with Crippen LogP contribution in [-0.2, 0) is 28.7 Å². The molecule has 2 saturated heterocycles. The van der Waals surface area contributed by atoms with E-state index in [1.54, 1.807) is 16.0 Å². The van der Waals surface area contributed by atoms with Crippen molar-refractivity contribution in [1.29, 1.82) is 0 Å². The summed E-state index contributed by atoms with van der Waals surface area (Å²) in [6, 6.07) is 10.7. The van der Waals surface area contributed by atoms with Crippen LogP contribution >= 0.6 is 0 Å². The molecule has 0 saturated carbocycles. The number of imidazole rings is 2. The molecule has 6 amide bonds. The van der Waals surface area contributed by atoms with Gasteiger partial charge in [-0.1, -0.05) is 24.0 Å². The zero-order valence-corrected chi connectivity index (χ0v) is 32.2. The van der Waals surface area contributed by atoms with Crippen LogP contribution in [-0.4, -0.2) is 105 Å². The molecule has 18 heteroatoms. The Bertz CT molecular complexity index is 2240. The van der Waals surface area contributed by atoms with Gasteiger partial charge in [0.1, 0.15) is 23.7 Å². The fourth-order valence-corrected chi connectivity index (χ4v) is 7.32. The highest BCUT2D eigenvalue weighted by atomic mass is 16.5. The van der Waals surface area contributed by atoms with Crippen molar-refractivity contribution in [3.8, 4) is 23.1 Å². The molecule has 58 heavy (non-hydrogen) atoms. The van der Waals surface area contributed by atoms with Gasteiger partial charge in [-0.3, -0.25) is 19.2 Å². The Labute approximate surface area is 333 Å². The molecule has 0 bridgehead atoms. The number of benzene rings is 2. The van der Waals surface area contributed by atoms with Crippen LogP contribution in [0.3, 0.4) is 0 Å². The van der Waals surface area contributed by atoms with Crippen LogP contribution in [0.4, 0.5) is 9.59 Å². The van der Waals surface area contributed by atoms with Crippen molar-refractivity contribution in [3.05, 3.63) is 71.4 Å². The summed E-state index contributed by atoms with van der Waals surface area (Å²) in [4.78, 5) is 93.2. The highest BCUT2D eigenvalue weighted by molar-refractivity contribution is 5.88. The second-order valence-corrected chi connectivity index (χ2v) is 14.1. The summed E-state index contributed by atoms with van der Waals surface area (Å²) in [7, 11) is 2.40. The molecule has 304 valence electrons. The first-order chi connectivity index (χ1) is 27.9. The van der Waals surface area contributed by atoms with E-state index < -0.39 is 36.1 Å². The van der Waals surface area contributed by atoms with E-state index in [1.807, 2.05) is 42.5 Å². The number of carbonyl (C=O) groups excluding carboxylic acids is 6. The third-order valence-electron chi connectivity index (χ3n) is 10.3. The SMILES string of the molecule is COC(=O)N[C@@H](CCC(N)=O)C(=O)N1CCC[C@H]1c1ncc(-c2ccc(C#Cc3ccc4nc([C@@H]5CCCN5C(=O)[C@H](CCC(N)=O)NC(=O)OC)[nH]c4c3)cc2)[nH]1. The van der Waals surface area contributed by atoms with Crippen molar-refractivity contribution < 1.29 is 38.2 Å². The van der Waals surface area contributed by atoms with Crippen LogP contribution in [0.2, 0.25) is 0 Å². The van der Waals surface area contributed by atoms with Gasteiger partial charge in [-0.15, -0.1) is 0 Å². The summed E-state index contributed by atoms with van der Waals surface area (Å²) in [5.74, 6) is 5.80. The molecule has 4 atom stereocenters. The molecule has 0 aliphatic carbocycles. The number of methoxy groups -OCH3 is 2. The number of fused-ring (bicyclic) bond motifs is 1. The Morgan fingerprint density at radius 1 is 0.776 bits per heavy atom. The number of likely N-dealkylation sites (tertiary alicyclic amines) is 2. The number of alkyl carbamates (subject to hydrolysis) is 2. The highest BCUT2D eigenvalue weighted by Gasteiger charge is 2.38. The summed E-state index contributed by atoms with van der Waals surface area (Å²) < 4.78 is 9.37. The van der Waals surface area contributed by atoms with E-state index in [9.17, 15) is 28.8 Å². The molecule has 18 nitrogen and oxygen atoms in total. The first-order valence-electron chi connectivity index (χ1n) is 19.0. The molecule has 0 radical (unpaired) electrons. The summed E-state index contributed by atoms with van der Waals surface area (Å²) in [6.07, 6.45) is 2.95. The summed E-state index contributed by atoms with van der Waals surface area (Å²) >= 11 is 0. The van der Waals surface area contributed by atoms with Gasteiger partial charge in [0.15, 0.2) is 0 Å². The minimum atomic E-state index is -0.974. The topological polar surface area (TPSA) is 261 Å². The number of carbonyl (C=O) groups is 6. The monoisotopic (exact) mass is 794 g/mol. The number of nitrogens with two attached hydrogens (primary N) is 2. The number of H-pyrrole nitrogens is 2. The second kappa shape index (κ2) is 18.4. The Hall–Kier alpha value is -6.90. The minimum absolute atomic E-state index is 0.0486. The van der Waals surface area contributed by atoms with Crippen LogP contribution in [0.25, 0.3) is 22.3 Å². The molecule has 0 unspecified atom stereocenters. The number of nitrogens with one attached hydrogen (secondary N) is 4. The Kier molecular flexibility index (Phi) is 12.9. The van der Waals surface area contributed by atoms with Gasteiger partial charge in [-0.25, -0.2) is 19.6 Å². The third-order valence-corrected chi connectivity index (χ3v) is 10.3. The first kappa shape index (κ1) is 40.8. The van der Waals surface area contributed by atoms with Gasteiger partial charge in [0, 0.05) is 37.1 Å². The minimum Gasteiger partial charge on any atom is -0.453 e. The van der Waals surface area contributed by atoms with E-state index in [1.165, 1.54) is 14.2 Å². The molecule has 8 N–H and O–H groups in total. The fourth-order valence-electron chi connectivity index (χ4n) is 7.32. The van der Waals surface area contributed by atoms with Gasteiger partial charge in [-0.05, 0) is 74.4 Å². The van der Waals surface area contributed by atoms with E-state index >= 15 is 0 Å². The fraction of sp³-hybridized carbons (Fsp3) is 0.400. The Morgan fingerprint density at radius 3 is 1.86 bits per heavy atom. The van der Waals surface area contributed by atoms with Crippen LogP contribution in [0.1, 0.15) is 86.2 Å². The number of amides is 6. The van der Waals surface area contributed by atoms with Gasteiger partial charge in [-0.2, -0.15) is 0 Å². The number of aromatic nitrogens is 4. The first-order valence-corrected chi connectivity index (χ1v) is 19.0. The molecule has 0 spiro atoms. The number of primary amides is 2. The zero-order valence-electron chi connectivity index (χ0n) is 32.2. The highest BCUT2D eigenvalue weighted by Crippen LogP contribution is 2.34. The molecular weight excluding hydrogens is 749 g/mol. The van der Waals surface area contributed by atoms with Gasteiger partial charge in [0.25, 0.3) is 0 Å². The molecule has 2 aromatic heterocycles. The summed E-state index contributed by atoms with van der Waals surface area (Å²) in [6.45, 7) is 0.933. The smallest absolute Gasteiger partial charge is 0.407 e. The van der Waals surface area contributed by atoms with E-state index in [2.05, 4.69) is 46.9 Å². The molecule has 2 fully saturated rings. The Morgan fingerprint density at radius 2 is 1.31 bits per heavy atom. The maximum atomic E-state index is 13.6. The number of aromatic amines is 2. The van der Waals surface area contributed by atoms with Crippen LogP contribution in [0.5, 0.6) is 0 Å². The lowest BCUT2D eigenvalue weighted by Crippen LogP contribution is -2.48. The standard InChI is InChI=1S/C40H46N10O8/c1-57-39(55)47-27(15-17-33(41)51)37(53)49-19-3-5-31(49)35-43-22-30(46-35)25-12-9-23(10-13-25)7-8-24-11-14-26-29(21-24)45-36(44-26)32-6-4-20-50(32)38(54)28(16-18-34(42)52)48-40(56)58-2/h9-14,21-22,27-28,31-32H,3-6,15-20H2,1-2H3,(H2,41,51)(H2,42,52)(H,43,46)(H,44,45)(H,47,55)(H,48,56)/t27-,28-,31-,32-/m0/s1. The zero-order chi connectivity index (χ0) is 41.3. The van der Waals surface area contributed by atoms with Gasteiger partial charge in [0.05, 0.1) is 49.2 Å².